The first-order valence-electron chi connectivity index (χ1n) is 6.00. The zero-order valence-corrected chi connectivity index (χ0v) is 10.5. The molecule has 0 aliphatic rings. The van der Waals surface area contributed by atoms with Crippen molar-refractivity contribution >= 4 is 0 Å². The van der Waals surface area contributed by atoms with Crippen molar-refractivity contribution < 1.29 is 8.91 Å². The van der Waals surface area contributed by atoms with Gasteiger partial charge >= 0.3 is 0 Å². The van der Waals surface area contributed by atoms with Gasteiger partial charge in [0.2, 0.25) is 11.7 Å². The maximum Gasteiger partial charge on any atom is 0.228 e. The Morgan fingerprint density at radius 1 is 1.33 bits per heavy atom. The Hall–Kier alpha value is -1.75. The third-order valence-corrected chi connectivity index (χ3v) is 2.53. The van der Waals surface area contributed by atoms with Crippen LogP contribution in [0.5, 0.6) is 0 Å². The third kappa shape index (κ3) is 3.13. The van der Waals surface area contributed by atoms with Crippen molar-refractivity contribution in [1.82, 2.24) is 15.5 Å². The number of hydrogen-bond acceptors (Lipinski definition) is 4. The fourth-order valence-electron chi connectivity index (χ4n) is 1.71. The second kappa shape index (κ2) is 5.73. The van der Waals surface area contributed by atoms with Gasteiger partial charge in [0.05, 0.1) is 0 Å². The van der Waals surface area contributed by atoms with Crippen LogP contribution in [0.25, 0.3) is 11.4 Å². The second-order valence-corrected chi connectivity index (χ2v) is 4.13. The number of aromatic nitrogens is 2. The summed E-state index contributed by atoms with van der Waals surface area (Å²) in [5.41, 5.74) is 1.48. The molecule has 1 aromatic carbocycles. The van der Waals surface area contributed by atoms with E-state index in [9.17, 15) is 4.39 Å². The summed E-state index contributed by atoms with van der Waals surface area (Å²) >= 11 is 0. The van der Waals surface area contributed by atoms with Crippen LogP contribution in [0, 0.1) is 12.7 Å². The van der Waals surface area contributed by atoms with Gasteiger partial charge in [-0.05, 0) is 37.2 Å². The van der Waals surface area contributed by atoms with E-state index in [1.165, 1.54) is 12.1 Å². The minimum absolute atomic E-state index is 0.288. The predicted molar refractivity (Wildman–Crippen MR) is 66.7 cm³/mol. The molecular weight excluding hydrogens is 233 g/mol. The SMILES string of the molecule is CCNCCc1nc(-c2cc(C)cc(F)c2)no1. The van der Waals surface area contributed by atoms with E-state index < -0.39 is 0 Å². The van der Waals surface area contributed by atoms with E-state index in [-0.39, 0.29) is 5.82 Å². The molecule has 1 N–H and O–H groups in total. The van der Waals surface area contributed by atoms with Crippen LogP contribution in [0.15, 0.2) is 22.7 Å². The molecule has 1 aromatic heterocycles. The lowest BCUT2D eigenvalue weighted by molar-refractivity contribution is 0.377. The molecule has 0 fully saturated rings. The van der Waals surface area contributed by atoms with E-state index in [1.807, 2.05) is 19.9 Å². The van der Waals surface area contributed by atoms with Gasteiger partial charge in [0.25, 0.3) is 0 Å². The van der Waals surface area contributed by atoms with E-state index in [4.69, 9.17) is 4.52 Å². The molecule has 2 aromatic rings. The van der Waals surface area contributed by atoms with Gasteiger partial charge in [-0.2, -0.15) is 4.98 Å². The van der Waals surface area contributed by atoms with Crippen molar-refractivity contribution in [1.29, 1.82) is 0 Å². The van der Waals surface area contributed by atoms with Crippen LogP contribution in [-0.4, -0.2) is 23.2 Å². The molecule has 0 aliphatic heterocycles. The first-order valence-corrected chi connectivity index (χ1v) is 6.00. The number of hydrogen-bond donors (Lipinski definition) is 1. The van der Waals surface area contributed by atoms with Gasteiger partial charge in [-0.1, -0.05) is 12.1 Å². The lowest BCUT2D eigenvalue weighted by atomic mass is 10.1. The smallest absolute Gasteiger partial charge is 0.228 e. The van der Waals surface area contributed by atoms with Crippen molar-refractivity contribution in [2.75, 3.05) is 13.1 Å². The van der Waals surface area contributed by atoms with E-state index in [1.54, 1.807) is 0 Å². The number of halogens is 1. The summed E-state index contributed by atoms with van der Waals surface area (Å²) < 4.78 is 18.4. The van der Waals surface area contributed by atoms with Crippen LogP contribution in [0.3, 0.4) is 0 Å². The number of nitrogens with one attached hydrogen (secondary N) is 1. The summed E-state index contributed by atoms with van der Waals surface area (Å²) in [6.07, 6.45) is 0.676. The van der Waals surface area contributed by atoms with E-state index in [0.29, 0.717) is 23.7 Å². The van der Waals surface area contributed by atoms with Crippen molar-refractivity contribution in [2.45, 2.75) is 20.3 Å². The molecule has 0 unspecified atom stereocenters. The molecule has 0 amide bonds. The Morgan fingerprint density at radius 2 is 2.17 bits per heavy atom. The molecule has 0 aliphatic carbocycles. The number of likely N-dealkylation sites (N-methyl/N-ethyl adjacent to an activating group) is 1. The molecule has 4 nitrogen and oxygen atoms in total. The van der Waals surface area contributed by atoms with Crippen molar-refractivity contribution in [2.24, 2.45) is 0 Å². The molecule has 1 heterocycles. The average Bonchev–Trinajstić information content (AvgIpc) is 2.77. The van der Waals surface area contributed by atoms with Crippen molar-refractivity contribution in [3.8, 4) is 11.4 Å². The second-order valence-electron chi connectivity index (χ2n) is 4.13. The Labute approximate surface area is 105 Å². The molecule has 0 radical (unpaired) electrons. The molecule has 5 heteroatoms. The Bertz CT molecular complexity index is 504. The minimum atomic E-state index is -0.288. The summed E-state index contributed by atoms with van der Waals surface area (Å²) in [6, 6.07) is 4.71. The van der Waals surface area contributed by atoms with E-state index in [0.717, 1.165) is 18.7 Å². The van der Waals surface area contributed by atoms with E-state index in [2.05, 4.69) is 15.5 Å². The Morgan fingerprint density at radius 3 is 2.89 bits per heavy atom. The van der Waals surface area contributed by atoms with Gasteiger partial charge in [-0.15, -0.1) is 0 Å². The highest BCUT2D eigenvalue weighted by atomic mass is 19.1. The van der Waals surface area contributed by atoms with Crippen LogP contribution in [-0.2, 0) is 6.42 Å². The monoisotopic (exact) mass is 249 g/mol. The number of aryl methyl sites for hydroxylation is 1. The normalized spacial score (nSPS) is 10.8. The summed E-state index contributed by atoms with van der Waals surface area (Å²) in [6.45, 7) is 5.57. The first-order chi connectivity index (χ1) is 8.69. The fraction of sp³-hybridized carbons (Fsp3) is 0.385. The molecule has 0 spiro atoms. The van der Waals surface area contributed by atoms with Gasteiger partial charge in [-0.3, -0.25) is 0 Å². The Kier molecular flexibility index (Phi) is 4.04. The molecule has 0 saturated carbocycles. The number of nitrogens with zero attached hydrogens (tertiary/aromatic N) is 2. The maximum absolute atomic E-state index is 13.3. The van der Waals surface area contributed by atoms with Gasteiger partial charge < -0.3 is 9.84 Å². The predicted octanol–water partition coefficient (Wildman–Crippen LogP) is 2.34. The molecule has 0 saturated heterocycles. The van der Waals surface area contributed by atoms with Gasteiger partial charge in [0.1, 0.15) is 5.82 Å². The molecule has 18 heavy (non-hydrogen) atoms. The molecule has 2 rings (SSSR count). The summed E-state index contributed by atoms with van der Waals surface area (Å²) in [4.78, 5) is 4.25. The van der Waals surface area contributed by atoms with Crippen molar-refractivity contribution in [3.63, 3.8) is 0 Å². The van der Waals surface area contributed by atoms with E-state index >= 15 is 0 Å². The van der Waals surface area contributed by atoms with Crippen LogP contribution >= 0.6 is 0 Å². The number of benzene rings is 1. The summed E-state index contributed by atoms with van der Waals surface area (Å²) in [5, 5.41) is 7.04. The summed E-state index contributed by atoms with van der Waals surface area (Å²) in [7, 11) is 0. The maximum atomic E-state index is 13.3. The number of rotatable bonds is 5. The van der Waals surface area contributed by atoms with Crippen molar-refractivity contribution in [3.05, 3.63) is 35.5 Å². The van der Waals surface area contributed by atoms with Crippen LogP contribution in [0.2, 0.25) is 0 Å². The third-order valence-electron chi connectivity index (χ3n) is 2.53. The van der Waals surface area contributed by atoms with Gasteiger partial charge in [0, 0.05) is 18.5 Å². The lowest BCUT2D eigenvalue weighted by Crippen LogP contribution is -2.16. The minimum Gasteiger partial charge on any atom is -0.339 e. The fourth-order valence-corrected chi connectivity index (χ4v) is 1.71. The lowest BCUT2D eigenvalue weighted by Gasteiger charge is -1.97. The van der Waals surface area contributed by atoms with Gasteiger partial charge in [0.15, 0.2) is 0 Å². The van der Waals surface area contributed by atoms with Crippen LogP contribution in [0.4, 0.5) is 4.39 Å². The largest absolute Gasteiger partial charge is 0.339 e. The molecule has 0 atom stereocenters. The van der Waals surface area contributed by atoms with Crippen LogP contribution < -0.4 is 5.32 Å². The Balaban J connectivity index is 2.13. The molecule has 96 valence electrons. The highest BCUT2D eigenvalue weighted by Crippen LogP contribution is 2.19. The topological polar surface area (TPSA) is 51.0 Å². The standard InChI is InChI=1S/C13H16FN3O/c1-3-15-5-4-12-16-13(17-18-12)10-6-9(2)7-11(14)8-10/h6-8,15H,3-5H2,1-2H3. The van der Waals surface area contributed by atoms with Crippen LogP contribution in [0.1, 0.15) is 18.4 Å². The highest BCUT2D eigenvalue weighted by Gasteiger charge is 2.09. The average molecular weight is 249 g/mol. The quantitative estimate of drug-likeness (QED) is 0.826. The van der Waals surface area contributed by atoms with Gasteiger partial charge in [-0.25, -0.2) is 4.39 Å². The molecule has 0 bridgehead atoms. The zero-order valence-electron chi connectivity index (χ0n) is 10.5. The first kappa shape index (κ1) is 12.7. The summed E-state index contributed by atoms with van der Waals surface area (Å²) in [5.74, 6) is 0.709. The highest BCUT2D eigenvalue weighted by molar-refractivity contribution is 5.55. The molecular formula is C13H16FN3O. The zero-order chi connectivity index (χ0) is 13.0.